The maximum absolute atomic E-state index is 4.47. The summed E-state index contributed by atoms with van der Waals surface area (Å²) in [5.41, 5.74) is 6.22. The molecule has 0 radical (unpaired) electrons. The predicted octanol–water partition coefficient (Wildman–Crippen LogP) is 5.05. The number of rotatable bonds is 5. The third-order valence-corrected chi connectivity index (χ3v) is 5.10. The monoisotopic (exact) mass is 332 g/mol. The van der Waals surface area contributed by atoms with E-state index in [4.69, 9.17) is 0 Å². The highest BCUT2D eigenvalue weighted by Gasteiger charge is 2.22. The molecule has 0 amide bonds. The van der Waals surface area contributed by atoms with E-state index >= 15 is 0 Å². The number of pyridine rings is 1. The highest BCUT2D eigenvalue weighted by molar-refractivity contribution is 5.68. The molecule has 0 unspecified atom stereocenters. The normalized spacial score (nSPS) is 14.8. The number of nitrogens with one attached hydrogen (secondary N) is 2. The van der Waals surface area contributed by atoms with Crippen LogP contribution in [0.25, 0.3) is 11.1 Å². The maximum atomic E-state index is 4.47. The first kappa shape index (κ1) is 15.9. The number of aromatic amines is 1. The van der Waals surface area contributed by atoms with Crippen LogP contribution < -0.4 is 5.32 Å². The summed E-state index contributed by atoms with van der Waals surface area (Å²) in [5.74, 6) is 1.52. The Hall–Kier alpha value is -2.62. The van der Waals surface area contributed by atoms with Gasteiger partial charge in [-0.25, -0.2) is 4.98 Å². The van der Waals surface area contributed by atoms with Crippen LogP contribution in [0.1, 0.15) is 48.4 Å². The molecule has 4 heteroatoms. The summed E-state index contributed by atoms with van der Waals surface area (Å²) in [6.45, 7) is 2.88. The molecule has 1 saturated carbocycles. The Bertz CT molecular complexity index is 829. The molecule has 1 aromatic carbocycles. The number of aromatic nitrogens is 3. The fourth-order valence-corrected chi connectivity index (χ4v) is 3.65. The Kier molecular flexibility index (Phi) is 4.51. The molecular formula is C21H24N4. The molecule has 1 fully saturated rings. The zero-order valence-corrected chi connectivity index (χ0v) is 14.6. The van der Waals surface area contributed by atoms with Gasteiger partial charge in [0.15, 0.2) is 0 Å². The SMILES string of the molecule is Cc1ccc(CNc2cc(-c3cn[nH]c3C3CCCC3)ccn2)cc1. The Morgan fingerprint density at radius 2 is 1.92 bits per heavy atom. The second kappa shape index (κ2) is 7.09. The van der Waals surface area contributed by atoms with Crippen molar-refractivity contribution in [2.45, 2.75) is 45.1 Å². The van der Waals surface area contributed by atoms with Crippen molar-refractivity contribution in [3.63, 3.8) is 0 Å². The average molecular weight is 332 g/mol. The average Bonchev–Trinajstić information content (AvgIpc) is 3.32. The number of nitrogens with zero attached hydrogens (tertiary/aromatic N) is 2. The lowest BCUT2D eigenvalue weighted by Gasteiger charge is -2.11. The van der Waals surface area contributed by atoms with Gasteiger partial charge in [-0.3, -0.25) is 5.10 Å². The van der Waals surface area contributed by atoms with E-state index in [1.54, 1.807) is 0 Å². The molecule has 25 heavy (non-hydrogen) atoms. The molecule has 0 bridgehead atoms. The second-order valence-electron chi connectivity index (χ2n) is 6.95. The van der Waals surface area contributed by atoms with Crippen molar-refractivity contribution in [1.29, 1.82) is 0 Å². The first-order valence-electron chi connectivity index (χ1n) is 9.09. The van der Waals surface area contributed by atoms with Gasteiger partial charge in [0.2, 0.25) is 0 Å². The quantitative estimate of drug-likeness (QED) is 0.687. The smallest absolute Gasteiger partial charge is 0.126 e. The topological polar surface area (TPSA) is 53.6 Å². The third-order valence-electron chi connectivity index (χ3n) is 5.10. The van der Waals surface area contributed by atoms with Crippen molar-refractivity contribution in [3.8, 4) is 11.1 Å². The van der Waals surface area contributed by atoms with Crippen molar-refractivity contribution < 1.29 is 0 Å². The molecule has 2 heterocycles. The Balaban J connectivity index is 1.52. The second-order valence-corrected chi connectivity index (χ2v) is 6.95. The first-order valence-corrected chi connectivity index (χ1v) is 9.09. The first-order chi connectivity index (χ1) is 12.3. The van der Waals surface area contributed by atoms with Crippen LogP contribution in [0.3, 0.4) is 0 Å². The fourth-order valence-electron chi connectivity index (χ4n) is 3.65. The van der Waals surface area contributed by atoms with Crippen LogP contribution in [0.15, 0.2) is 48.8 Å². The van der Waals surface area contributed by atoms with Gasteiger partial charge in [-0.2, -0.15) is 5.10 Å². The van der Waals surface area contributed by atoms with Crippen LogP contribution in [0, 0.1) is 6.92 Å². The van der Waals surface area contributed by atoms with E-state index in [1.165, 1.54) is 53.6 Å². The summed E-state index contributed by atoms with van der Waals surface area (Å²) in [5, 5.41) is 11.0. The molecule has 0 aliphatic heterocycles. The summed E-state index contributed by atoms with van der Waals surface area (Å²) in [6.07, 6.45) is 8.99. The Morgan fingerprint density at radius 3 is 2.72 bits per heavy atom. The van der Waals surface area contributed by atoms with Crippen LogP contribution in [0.2, 0.25) is 0 Å². The maximum Gasteiger partial charge on any atom is 0.126 e. The Morgan fingerprint density at radius 1 is 1.12 bits per heavy atom. The van der Waals surface area contributed by atoms with Crippen molar-refractivity contribution in [1.82, 2.24) is 15.2 Å². The number of aryl methyl sites for hydroxylation is 1. The minimum atomic E-state index is 0.620. The largest absolute Gasteiger partial charge is 0.366 e. The zero-order chi connectivity index (χ0) is 17.1. The molecule has 4 nitrogen and oxygen atoms in total. The number of hydrogen-bond donors (Lipinski definition) is 2. The van der Waals surface area contributed by atoms with E-state index in [2.05, 4.69) is 63.8 Å². The van der Waals surface area contributed by atoms with Gasteiger partial charge < -0.3 is 5.32 Å². The standard InChI is InChI=1S/C21H24N4/c1-15-6-8-16(9-7-15)13-23-20-12-18(10-11-22-20)19-14-24-25-21(19)17-4-2-3-5-17/h6-12,14,17H,2-5,13H2,1H3,(H,22,23)(H,24,25). The van der Waals surface area contributed by atoms with Crippen molar-refractivity contribution in [2.24, 2.45) is 0 Å². The van der Waals surface area contributed by atoms with E-state index in [0.717, 1.165) is 12.4 Å². The third kappa shape index (κ3) is 3.58. The van der Waals surface area contributed by atoms with Gasteiger partial charge in [0.25, 0.3) is 0 Å². The van der Waals surface area contributed by atoms with Crippen molar-refractivity contribution >= 4 is 5.82 Å². The molecule has 0 saturated heterocycles. The van der Waals surface area contributed by atoms with Crippen LogP contribution in [0.4, 0.5) is 5.82 Å². The van der Waals surface area contributed by atoms with E-state index in [1.807, 2.05) is 12.4 Å². The lowest BCUT2D eigenvalue weighted by molar-refractivity contribution is 0.694. The Labute approximate surface area is 148 Å². The summed E-state index contributed by atoms with van der Waals surface area (Å²) >= 11 is 0. The van der Waals surface area contributed by atoms with Crippen LogP contribution >= 0.6 is 0 Å². The van der Waals surface area contributed by atoms with E-state index in [-0.39, 0.29) is 0 Å². The van der Waals surface area contributed by atoms with E-state index in [0.29, 0.717) is 5.92 Å². The van der Waals surface area contributed by atoms with E-state index in [9.17, 15) is 0 Å². The van der Waals surface area contributed by atoms with Gasteiger partial charge in [-0.05, 0) is 43.0 Å². The molecular weight excluding hydrogens is 308 g/mol. The molecule has 0 atom stereocenters. The lowest BCUT2D eigenvalue weighted by atomic mass is 9.97. The number of benzene rings is 1. The fraction of sp³-hybridized carbons (Fsp3) is 0.333. The highest BCUT2D eigenvalue weighted by Crippen LogP contribution is 2.38. The summed E-state index contributed by atoms with van der Waals surface area (Å²) in [4.78, 5) is 4.47. The predicted molar refractivity (Wildman–Crippen MR) is 102 cm³/mol. The van der Waals surface area contributed by atoms with Gasteiger partial charge in [-0.1, -0.05) is 42.7 Å². The molecule has 1 aliphatic carbocycles. The van der Waals surface area contributed by atoms with Gasteiger partial charge in [0.1, 0.15) is 5.82 Å². The molecule has 128 valence electrons. The molecule has 4 rings (SSSR count). The van der Waals surface area contributed by atoms with Crippen LogP contribution in [0.5, 0.6) is 0 Å². The summed E-state index contributed by atoms with van der Waals surface area (Å²) in [6, 6.07) is 12.8. The number of anilines is 1. The zero-order valence-electron chi connectivity index (χ0n) is 14.6. The van der Waals surface area contributed by atoms with Crippen molar-refractivity contribution in [2.75, 3.05) is 5.32 Å². The van der Waals surface area contributed by atoms with Crippen LogP contribution in [-0.2, 0) is 6.54 Å². The molecule has 2 aromatic heterocycles. The lowest BCUT2D eigenvalue weighted by Crippen LogP contribution is -2.01. The number of H-pyrrole nitrogens is 1. The summed E-state index contributed by atoms with van der Waals surface area (Å²) in [7, 11) is 0. The molecule has 3 aromatic rings. The number of hydrogen-bond acceptors (Lipinski definition) is 3. The minimum Gasteiger partial charge on any atom is -0.366 e. The van der Waals surface area contributed by atoms with E-state index < -0.39 is 0 Å². The molecule has 0 spiro atoms. The van der Waals surface area contributed by atoms with Gasteiger partial charge in [0, 0.05) is 29.9 Å². The molecule has 2 N–H and O–H groups in total. The van der Waals surface area contributed by atoms with Crippen molar-refractivity contribution in [3.05, 3.63) is 65.6 Å². The highest BCUT2D eigenvalue weighted by atomic mass is 15.1. The minimum absolute atomic E-state index is 0.620. The van der Waals surface area contributed by atoms with Gasteiger partial charge in [0.05, 0.1) is 6.20 Å². The summed E-state index contributed by atoms with van der Waals surface area (Å²) < 4.78 is 0. The van der Waals surface area contributed by atoms with Gasteiger partial charge in [-0.15, -0.1) is 0 Å². The van der Waals surface area contributed by atoms with Gasteiger partial charge >= 0.3 is 0 Å². The van der Waals surface area contributed by atoms with Crippen LogP contribution in [-0.4, -0.2) is 15.2 Å². The molecule has 1 aliphatic rings.